The molecule has 0 atom stereocenters. The van der Waals surface area contributed by atoms with Gasteiger partial charge in [-0.15, -0.1) is 0 Å². The summed E-state index contributed by atoms with van der Waals surface area (Å²) in [7, 11) is 1.54. The topological polar surface area (TPSA) is 55.4 Å². The molecule has 0 bridgehead atoms. The second kappa shape index (κ2) is 5.46. The molecule has 0 spiro atoms. The first-order chi connectivity index (χ1) is 8.51. The van der Waals surface area contributed by atoms with E-state index >= 15 is 0 Å². The van der Waals surface area contributed by atoms with E-state index in [0.29, 0.717) is 16.2 Å². The molecule has 7 heteroatoms. The molecule has 0 unspecified atom stereocenters. The highest BCUT2D eigenvalue weighted by molar-refractivity contribution is 9.11. The quantitative estimate of drug-likeness (QED) is 0.782. The highest BCUT2D eigenvalue weighted by atomic mass is 79.9. The Morgan fingerprint density at radius 1 is 1.33 bits per heavy atom. The van der Waals surface area contributed by atoms with E-state index in [-0.39, 0.29) is 11.1 Å². The van der Waals surface area contributed by atoms with E-state index in [1.807, 2.05) is 12.1 Å². The van der Waals surface area contributed by atoms with Gasteiger partial charge in [-0.3, -0.25) is 14.9 Å². The van der Waals surface area contributed by atoms with Crippen molar-refractivity contribution >= 4 is 60.8 Å². The molecule has 18 heavy (non-hydrogen) atoms. The zero-order chi connectivity index (χ0) is 13.3. The molecule has 1 heterocycles. The molecule has 4 nitrogen and oxygen atoms in total. The van der Waals surface area contributed by atoms with E-state index in [1.54, 1.807) is 13.2 Å². The van der Waals surface area contributed by atoms with Crippen molar-refractivity contribution in [2.24, 2.45) is 0 Å². The van der Waals surface area contributed by atoms with E-state index in [0.717, 1.165) is 20.7 Å². The number of rotatable bonds is 2. The van der Waals surface area contributed by atoms with Crippen molar-refractivity contribution in [3.05, 3.63) is 31.5 Å². The van der Waals surface area contributed by atoms with Crippen LogP contribution in [0, 0.1) is 0 Å². The van der Waals surface area contributed by atoms with Gasteiger partial charge in [-0.05, 0) is 45.9 Å². The van der Waals surface area contributed by atoms with Gasteiger partial charge in [0, 0.05) is 10.0 Å². The molecule has 1 saturated heterocycles. The molecule has 2 rings (SSSR count). The first kappa shape index (κ1) is 13.6. The van der Waals surface area contributed by atoms with Crippen LogP contribution in [0.2, 0.25) is 0 Å². The molecular formula is C11H7Br2NO3S. The molecular weight excluding hydrogens is 386 g/mol. The van der Waals surface area contributed by atoms with Crippen molar-refractivity contribution in [1.82, 2.24) is 5.32 Å². The van der Waals surface area contributed by atoms with Gasteiger partial charge < -0.3 is 4.74 Å². The lowest BCUT2D eigenvalue weighted by Crippen LogP contribution is -2.17. The number of hydrogen-bond acceptors (Lipinski definition) is 4. The van der Waals surface area contributed by atoms with Gasteiger partial charge in [0.25, 0.3) is 11.1 Å². The minimum Gasteiger partial charge on any atom is -0.495 e. The van der Waals surface area contributed by atoms with Crippen LogP contribution in [0.3, 0.4) is 0 Å². The maximum Gasteiger partial charge on any atom is 0.290 e. The zero-order valence-electron chi connectivity index (χ0n) is 9.12. The fourth-order valence-electron chi connectivity index (χ4n) is 1.47. The monoisotopic (exact) mass is 391 g/mol. The molecule has 1 aliphatic rings. The summed E-state index contributed by atoms with van der Waals surface area (Å²) in [6.07, 6.45) is 1.62. The van der Waals surface area contributed by atoms with Gasteiger partial charge in [0.15, 0.2) is 0 Å². The van der Waals surface area contributed by atoms with E-state index in [2.05, 4.69) is 37.2 Å². The van der Waals surface area contributed by atoms with Gasteiger partial charge in [0.05, 0.1) is 16.5 Å². The molecule has 1 N–H and O–H groups in total. The second-order valence-corrected chi connectivity index (χ2v) is 6.15. The Bertz CT molecular complexity index is 572. The van der Waals surface area contributed by atoms with Crippen molar-refractivity contribution in [2.75, 3.05) is 7.11 Å². The van der Waals surface area contributed by atoms with Gasteiger partial charge in [0.1, 0.15) is 5.75 Å². The summed E-state index contributed by atoms with van der Waals surface area (Å²) in [5.41, 5.74) is 0.714. The number of imide groups is 1. The lowest BCUT2D eigenvalue weighted by molar-refractivity contribution is -0.115. The Kier molecular flexibility index (Phi) is 4.14. The van der Waals surface area contributed by atoms with Crippen LogP contribution in [0.15, 0.2) is 26.0 Å². The van der Waals surface area contributed by atoms with Gasteiger partial charge in [-0.25, -0.2) is 0 Å². The van der Waals surface area contributed by atoms with Crippen molar-refractivity contribution < 1.29 is 14.3 Å². The minimum absolute atomic E-state index is 0.350. The molecule has 0 radical (unpaired) electrons. The first-order valence-corrected chi connectivity index (χ1v) is 7.19. The number of amides is 2. The normalized spacial score (nSPS) is 17.2. The molecule has 1 aliphatic heterocycles. The van der Waals surface area contributed by atoms with Crippen molar-refractivity contribution in [2.45, 2.75) is 0 Å². The summed E-state index contributed by atoms with van der Waals surface area (Å²) < 4.78 is 6.87. The van der Waals surface area contributed by atoms with E-state index in [1.165, 1.54) is 0 Å². The fraction of sp³-hybridized carbons (Fsp3) is 0.0909. The SMILES string of the molecule is COc1c(Br)cc(Br)cc1/C=C1/SC(=O)NC1=O. The summed E-state index contributed by atoms with van der Waals surface area (Å²) in [6.45, 7) is 0. The van der Waals surface area contributed by atoms with Gasteiger partial charge >= 0.3 is 0 Å². The van der Waals surface area contributed by atoms with Gasteiger partial charge in [-0.2, -0.15) is 0 Å². The summed E-state index contributed by atoms with van der Waals surface area (Å²) in [5, 5.41) is 1.84. The second-order valence-electron chi connectivity index (χ2n) is 3.36. The van der Waals surface area contributed by atoms with Gasteiger partial charge in [0.2, 0.25) is 0 Å². The van der Waals surface area contributed by atoms with Crippen molar-refractivity contribution in [3.8, 4) is 5.75 Å². The number of carbonyl (C=O) groups excluding carboxylic acids is 2. The van der Waals surface area contributed by atoms with Crippen LogP contribution in [0.25, 0.3) is 6.08 Å². The standard InChI is InChI=1S/C11H7Br2NO3S/c1-17-9-5(2-6(12)4-7(9)13)3-8-10(15)14-11(16)18-8/h2-4H,1H3,(H,14,15,16)/b8-3+. The molecule has 2 amide bonds. The third-order valence-electron chi connectivity index (χ3n) is 2.17. The predicted octanol–water partition coefficient (Wildman–Crippen LogP) is 3.54. The summed E-state index contributed by atoms with van der Waals surface area (Å²) >= 11 is 7.61. The molecule has 1 fully saturated rings. The number of thioether (sulfide) groups is 1. The zero-order valence-corrected chi connectivity index (χ0v) is 13.1. The van der Waals surface area contributed by atoms with E-state index < -0.39 is 0 Å². The Labute approximate surface area is 124 Å². The summed E-state index contributed by atoms with van der Waals surface area (Å²) in [6, 6.07) is 3.65. The third-order valence-corrected chi connectivity index (χ3v) is 4.03. The smallest absolute Gasteiger partial charge is 0.290 e. The fourth-order valence-corrected chi connectivity index (χ4v) is 3.56. The highest BCUT2D eigenvalue weighted by Gasteiger charge is 2.25. The molecule has 0 aromatic heterocycles. The maximum absolute atomic E-state index is 11.5. The third kappa shape index (κ3) is 2.78. The maximum atomic E-state index is 11.5. The largest absolute Gasteiger partial charge is 0.495 e. The van der Waals surface area contributed by atoms with Crippen molar-refractivity contribution in [3.63, 3.8) is 0 Å². The number of methoxy groups -OCH3 is 1. The first-order valence-electron chi connectivity index (χ1n) is 4.79. The molecule has 0 saturated carbocycles. The van der Waals surface area contributed by atoms with Crippen LogP contribution < -0.4 is 10.1 Å². The number of benzene rings is 1. The average molecular weight is 393 g/mol. The minimum atomic E-state index is -0.386. The van der Waals surface area contributed by atoms with Crippen LogP contribution in [-0.2, 0) is 4.79 Å². The number of nitrogens with one attached hydrogen (secondary N) is 1. The molecule has 1 aromatic carbocycles. The lowest BCUT2D eigenvalue weighted by atomic mass is 10.2. The van der Waals surface area contributed by atoms with Crippen LogP contribution in [0.4, 0.5) is 4.79 Å². The lowest BCUT2D eigenvalue weighted by Gasteiger charge is -2.08. The highest BCUT2D eigenvalue weighted by Crippen LogP contribution is 2.36. The van der Waals surface area contributed by atoms with E-state index in [4.69, 9.17) is 4.74 Å². The molecule has 1 aromatic rings. The number of ether oxygens (including phenoxy) is 1. The predicted molar refractivity (Wildman–Crippen MR) is 77.5 cm³/mol. The molecule has 0 aliphatic carbocycles. The number of carbonyl (C=O) groups is 2. The Hall–Kier alpha value is -0.790. The van der Waals surface area contributed by atoms with Crippen LogP contribution >= 0.6 is 43.6 Å². The Balaban J connectivity index is 2.48. The van der Waals surface area contributed by atoms with Crippen LogP contribution in [0.5, 0.6) is 5.75 Å². The van der Waals surface area contributed by atoms with Crippen molar-refractivity contribution in [1.29, 1.82) is 0 Å². The van der Waals surface area contributed by atoms with Gasteiger partial charge in [-0.1, -0.05) is 15.9 Å². The van der Waals surface area contributed by atoms with Crippen LogP contribution in [-0.4, -0.2) is 18.3 Å². The molecule has 94 valence electrons. The average Bonchev–Trinajstić information content (AvgIpc) is 2.57. The van der Waals surface area contributed by atoms with E-state index in [9.17, 15) is 9.59 Å². The van der Waals surface area contributed by atoms with Crippen LogP contribution in [0.1, 0.15) is 5.56 Å². The summed E-state index contributed by atoms with van der Waals surface area (Å²) in [4.78, 5) is 22.9. The summed E-state index contributed by atoms with van der Waals surface area (Å²) in [5.74, 6) is 0.224. The number of hydrogen-bond donors (Lipinski definition) is 1. The number of halogens is 2. The Morgan fingerprint density at radius 2 is 2.06 bits per heavy atom. The Morgan fingerprint density at radius 3 is 2.61 bits per heavy atom.